The molecule has 0 amide bonds. The van der Waals surface area contributed by atoms with E-state index < -0.39 is 12.2 Å². The van der Waals surface area contributed by atoms with E-state index in [0.29, 0.717) is 24.0 Å². The summed E-state index contributed by atoms with van der Waals surface area (Å²) in [6, 6.07) is 22.4. The van der Waals surface area contributed by atoms with Crippen LogP contribution in [0.15, 0.2) is 72.8 Å². The quantitative estimate of drug-likeness (QED) is 0.485. The number of benzene rings is 3. The summed E-state index contributed by atoms with van der Waals surface area (Å²) in [6.07, 6.45) is -0.708. The van der Waals surface area contributed by atoms with E-state index in [0.717, 1.165) is 22.3 Å². The average Bonchev–Trinajstić information content (AvgIpc) is 2.75. The highest BCUT2D eigenvalue weighted by Gasteiger charge is 2.17. The summed E-state index contributed by atoms with van der Waals surface area (Å²) in [5.74, 6) is 0. The van der Waals surface area contributed by atoms with Crippen LogP contribution in [0.4, 0.5) is 0 Å². The SMILES string of the molecule is OCc1cc(CC(O)c2ccccc2)c(CO)cc1CC(O)c1ccccc1. The molecular formula is C24H26O4. The number of aliphatic hydroxyl groups excluding tert-OH is 4. The van der Waals surface area contributed by atoms with Crippen LogP contribution in [0, 0.1) is 0 Å². The highest BCUT2D eigenvalue weighted by Crippen LogP contribution is 2.27. The summed E-state index contributed by atoms with van der Waals surface area (Å²) in [6.45, 7) is -0.339. The van der Waals surface area contributed by atoms with Gasteiger partial charge in [0.15, 0.2) is 0 Å². The van der Waals surface area contributed by atoms with Crippen LogP contribution in [-0.2, 0) is 26.1 Å². The molecule has 0 bridgehead atoms. The van der Waals surface area contributed by atoms with Gasteiger partial charge < -0.3 is 20.4 Å². The van der Waals surface area contributed by atoms with Crippen molar-refractivity contribution in [3.8, 4) is 0 Å². The Bertz CT molecular complexity index is 803. The highest BCUT2D eigenvalue weighted by atomic mass is 16.3. The first kappa shape index (κ1) is 20.2. The van der Waals surface area contributed by atoms with E-state index >= 15 is 0 Å². The van der Waals surface area contributed by atoms with Gasteiger partial charge in [0.05, 0.1) is 25.4 Å². The minimum atomic E-state index is -0.696. The Balaban J connectivity index is 1.85. The van der Waals surface area contributed by atoms with Crippen molar-refractivity contribution >= 4 is 0 Å². The molecule has 0 aliphatic rings. The van der Waals surface area contributed by atoms with E-state index in [9.17, 15) is 20.4 Å². The average molecular weight is 378 g/mol. The third-order valence-electron chi connectivity index (χ3n) is 5.06. The fourth-order valence-electron chi connectivity index (χ4n) is 3.47. The lowest BCUT2D eigenvalue weighted by Gasteiger charge is -2.19. The third-order valence-corrected chi connectivity index (χ3v) is 5.06. The maximum atomic E-state index is 10.5. The molecule has 0 saturated carbocycles. The molecule has 28 heavy (non-hydrogen) atoms. The van der Waals surface area contributed by atoms with Gasteiger partial charge in [0.25, 0.3) is 0 Å². The van der Waals surface area contributed by atoms with Gasteiger partial charge in [0, 0.05) is 12.8 Å². The normalized spacial score (nSPS) is 13.3. The molecule has 4 N–H and O–H groups in total. The number of aliphatic hydroxyl groups is 4. The largest absolute Gasteiger partial charge is 0.392 e. The molecule has 3 aromatic rings. The molecule has 0 aliphatic carbocycles. The van der Waals surface area contributed by atoms with Gasteiger partial charge in [-0.15, -0.1) is 0 Å². The van der Waals surface area contributed by atoms with E-state index in [4.69, 9.17) is 0 Å². The standard InChI is InChI=1S/C24H26O4/c25-15-21-12-20(14-24(28)18-9-5-2-6-10-18)22(16-26)11-19(21)13-23(27)17-7-3-1-4-8-17/h1-12,23-28H,13-16H2. The topological polar surface area (TPSA) is 80.9 Å². The van der Waals surface area contributed by atoms with Crippen LogP contribution in [0.3, 0.4) is 0 Å². The molecule has 3 rings (SSSR count). The monoisotopic (exact) mass is 378 g/mol. The third kappa shape index (κ3) is 4.86. The van der Waals surface area contributed by atoms with Crippen molar-refractivity contribution < 1.29 is 20.4 Å². The van der Waals surface area contributed by atoms with Crippen molar-refractivity contribution in [2.45, 2.75) is 38.3 Å². The van der Waals surface area contributed by atoms with Gasteiger partial charge in [-0.3, -0.25) is 0 Å². The van der Waals surface area contributed by atoms with Crippen molar-refractivity contribution in [1.29, 1.82) is 0 Å². The predicted octanol–water partition coefficient (Wildman–Crippen LogP) is 3.22. The van der Waals surface area contributed by atoms with Crippen molar-refractivity contribution in [3.05, 3.63) is 106 Å². The van der Waals surface area contributed by atoms with Crippen LogP contribution in [0.1, 0.15) is 45.6 Å². The second-order valence-corrected chi connectivity index (χ2v) is 6.97. The fraction of sp³-hybridized carbons (Fsp3) is 0.250. The first-order chi connectivity index (χ1) is 13.6. The molecule has 3 aromatic carbocycles. The van der Waals surface area contributed by atoms with Crippen molar-refractivity contribution in [2.75, 3.05) is 0 Å². The maximum Gasteiger partial charge on any atom is 0.0830 e. The van der Waals surface area contributed by atoms with E-state index in [1.807, 2.05) is 72.8 Å². The molecule has 4 heteroatoms. The van der Waals surface area contributed by atoms with E-state index in [1.165, 1.54) is 0 Å². The lowest BCUT2D eigenvalue weighted by molar-refractivity contribution is 0.175. The first-order valence-corrected chi connectivity index (χ1v) is 9.43. The summed E-state index contributed by atoms with van der Waals surface area (Å²) in [7, 11) is 0. The Morgan fingerprint density at radius 2 is 0.893 bits per heavy atom. The lowest BCUT2D eigenvalue weighted by Crippen LogP contribution is -2.09. The summed E-state index contributed by atoms with van der Waals surface area (Å²) in [5, 5.41) is 40.7. The molecule has 4 nitrogen and oxygen atoms in total. The molecule has 0 radical (unpaired) electrons. The Morgan fingerprint density at radius 3 is 1.21 bits per heavy atom. The van der Waals surface area contributed by atoms with Crippen molar-refractivity contribution in [1.82, 2.24) is 0 Å². The van der Waals surface area contributed by atoms with E-state index in [1.54, 1.807) is 0 Å². The Morgan fingerprint density at radius 1 is 0.536 bits per heavy atom. The molecule has 0 heterocycles. The van der Waals surface area contributed by atoms with E-state index in [2.05, 4.69) is 0 Å². The van der Waals surface area contributed by atoms with Gasteiger partial charge in [-0.2, -0.15) is 0 Å². The second kappa shape index (κ2) is 9.62. The zero-order chi connectivity index (χ0) is 19.9. The minimum Gasteiger partial charge on any atom is -0.392 e. The van der Waals surface area contributed by atoms with Crippen LogP contribution in [-0.4, -0.2) is 20.4 Å². The van der Waals surface area contributed by atoms with Crippen LogP contribution in [0.2, 0.25) is 0 Å². The Labute approximate surface area is 165 Å². The highest BCUT2D eigenvalue weighted by molar-refractivity contribution is 5.40. The minimum absolute atomic E-state index is 0.170. The zero-order valence-electron chi connectivity index (χ0n) is 15.7. The summed E-state index contributed by atoms with van der Waals surface area (Å²) >= 11 is 0. The number of hydrogen-bond acceptors (Lipinski definition) is 4. The van der Waals surface area contributed by atoms with Gasteiger partial charge in [0.1, 0.15) is 0 Å². The summed E-state index contributed by atoms with van der Waals surface area (Å²) in [5.41, 5.74) is 4.59. The van der Waals surface area contributed by atoms with Gasteiger partial charge in [-0.1, -0.05) is 72.8 Å². The van der Waals surface area contributed by atoms with E-state index in [-0.39, 0.29) is 13.2 Å². The Kier molecular flexibility index (Phi) is 6.95. The Hall–Kier alpha value is -2.50. The molecule has 2 unspecified atom stereocenters. The zero-order valence-corrected chi connectivity index (χ0v) is 15.7. The molecule has 146 valence electrons. The van der Waals surface area contributed by atoms with Crippen LogP contribution < -0.4 is 0 Å². The number of hydrogen-bond donors (Lipinski definition) is 4. The molecule has 0 spiro atoms. The lowest BCUT2D eigenvalue weighted by atomic mass is 9.90. The molecule has 0 saturated heterocycles. The first-order valence-electron chi connectivity index (χ1n) is 9.43. The van der Waals surface area contributed by atoms with Gasteiger partial charge in [0.2, 0.25) is 0 Å². The number of rotatable bonds is 8. The van der Waals surface area contributed by atoms with Crippen LogP contribution in [0.5, 0.6) is 0 Å². The van der Waals surface area contributed by atoms with Crippen molar-refractivity contribution in [2.24, 2.45) is 0 Å². The van der Waals surface area contributed by atoms with Gasteiger partial charge >= 0.3 is 0 Å². The summed E-state index contributed by atoms with van der Waals surface area (Å²) in [4.78, 5) is 0. The molecule has 0 aliphatic heterocycles. The fourth-order valence-corrected chi connectivity index (χ4v) is 3.47. The second-order valence-electron chi connectivity index (χ2n) is 6.97. The van der Waals surface area contributed by atoms with Gasteiger partial charge in [-0.25, -0.2) is 0 Å². The van der Waals surface area contributed by atoms with Crippen LogP contribution in [0.25, 0.3) is 0 Å². The molecular weight excluding hydrogens is 352 g/mol. The predicted molar refractivity (Wildman–Crippen MR) is 108 cm³/mol. The van der Waals surface area contributed by atoms with Crippen LogP contribution >= 0.6 is 0 Å². The molecule has 2 atom stereocenters. The summed E-state index contributed by atoms with van der Waals surface area (Å²) < 4.78 is 0. The maximum absolute atomic E-state index is 10.5. The molecule has 0 aromatic heterocycles. The van der Waals surface area contributed by atoms with Gasteiger partial charge in [-0.05, 0) is 33.4 Å². The molecule has 0 fully saturated rings. The smallest absolute Gasteiger partial charge is 0.0830 e. The van der Waals surface area contributed by atoms with Crippen molar-refractivity contribution in [3.63, 3.8) is 0 Å².